The third kappa shape index (κ3) is 13.2. The summed E-state index contributed by atoms with van der Waals surface area (Å²) >= 11 is 3.09. The average molecular weight is 325 g/mol. The molecule has 0 heterocycles. The van der Waals surface area contributed by atoms with Gasteiger partial charge in [-0.3, -0.25) is 0 Å². The first kappa shape index (κ1) is 24.5. The predicted octanol–water partition coefficient (Wildman–Crippen LogP) is 1.01. The molecule has 0 bridgehead atoms. The first-order valence-corrected chi connectivity index (χ1v) is 4.39. The van der Waals surface area contributed by atoms with Gasteiger partial charge in [-0.2, -0.15) is 0 Å². The molecule has 85 valence electrons. The van der Waals surface area contributed by atoms with Crippen molar-refractivity contribution in [3.05, 3.63) is 55.6 Å². The Balaban J connectivity index is -0.0000000900. The smallest absolute Gasteiger partial charge is 0.0147 e. The van der Waals surface area contributed by atoms with Gasteiger partial charge >= 0.3 is 33.9 Å². The van der Waals surface area contributed by atoms with E-state index in [9.17, 15) is 5.11 Å². The molecule has 0 aliphatic heterocycles. The van der Waals surface area contributed by atoms with E-state index in [4.69, 9.17) is 14.0 Å². The van der Waals surface area contributed by atoms with Gasteiger partial charge in [0.15, 0.2) is 0 Å². The van der Waals surface area contributed by atoms with Gasteiger partial charge in [0, 0.05) is 22.4 Å². The normalized spacial score (nSPS) is 8.81. The number of hydrogen-bond acceptors (Lipinski definition) is 1. The van der Waals surface area contributed by atoms with Gasteiger partial charge in [-0.1, -0.05) is 40.2 Å². The van der Waals surface area contributed by atoms with Gasteiger partial charge < -0.3 is 5.11 Å². The zero-order chi connectivity index (χ0) is 12.7. The molecule has 0 aromatic rings. The van der Waals surface area contributed by atoms with Crippen LogP contribution in [0.25, 0.3) is 0 Å². The minimum Gasteiger partial charge on any atom is -0.874 e. The second kappa shape index (κ2) is 23.8. The summed E-state index contributed by atoms with van der Waals surface area (Å²) in [5.74, 6) is 0.139. The molecule has 0 saturated heterocycles. The van der Waals surface area contributed by atoms with Crippen LogP contribution in [0.4, 0.5) is 0 Å². The van der Waals surface area contributed by atoms with Crippen molar-refractivity contribution in [3.8, 4) is 0 Å². The van der Waals surface area contributed by atoms with Gasteiger partial charge in [0.05, 0.1) is 0 Å². The molecular formula is C10H6BrMnO4-. The van der Waals surface area contributed by atoms with E-state index < -0.39 is 0 Å². The Bertz CT molecular complexity index is 271. The third-order valence-corrected chi connectivity index (χ3v) is 1.62. The van der Waals surface area contributed by atoms with Crippen LogP contribution in [0.1, 0.15) is 0 Å². The van der Waals surface area contributed by atoms with E-state index in [1.54, 1.807) is 0 Å². The maximum atomic E-state index is 10.8. The van der Waals surface area contributed by atoms with E-state index in [-0.39, 0.29) is 22.8 Å². The fourth-order valence-electron chi connectivity index (χ4n) is 0.637. The van der Waals surface area contributed by atoms with Crippen LogP contribution in [0.3, 0.4) is 0 Å². The van der Waals surface area contributed by atoms with Crippen LogP contribution in [-0.2, 0) is 31.0 Å². The van der Waals surface area contributed by atoms with Crippen LogP contribution in [0, 0.1) is 20.0 Å². The van der Waals surface area contributed by atoms with Crippen LogP contribution in [-0.4, -0.2) is 5.33 Å². The number of alkyl halides is 1. The molecule has 1 aliphatic carbocycles. The van der Waals surface area contributed by atoms with Crippen LogP contribution in [0.2, 0.25) is 0 Å². The summed E-state index contributed by atoms with van der Waals surface area (Å²) in [7, 11) is 0. The molecule has 0 spiro atoms. The largest absolute Gasteiger partial charge is 0.874 e. The molecule has 0 unspecified atom stereocenters. The van der Waals surface area contributed by atoms with Crippen LogP contribution >= 0.6 is 15.9 Å². The summed E-state index contributed by atoms with van der Waals surface area (Å²) in [6.07, 6.45) is 7.33. The molecule has 0 N–H and O–H groups in total. The predicted molar refractivity (Wildman–Crippen MR) is 50.9 cm³/mol. The quantitative estimate of drug-likeness (QED) is 0.233. The molecule has 1 radical (unpaired) electrons. The minimum atomic E-state index is 0. The van der Waals surface area contributed by atoms with Gasteiger partial charge in [0.25, 0.3) is 0 Å². The van der Waals surface area contributed by atoms with Crippen LogP contribution in [0.5, 0.6) is 0 Å². The van der Waals surface area contributed by atoms with Crippen molar-refractivity contribution >= 4 is 15.9 Å². The fourth-order valence-corrected chi connectivity index (χ4v) is 0.961. The summed E-state index contributed by atoms with van der Waals surface area (Å²) in [6.45, 7) is 13.5. The molecule has 1 rings (SSSR count). The minimum absolute atomic E-state index is 0. The summed E-state index contributed by atoms with van der Waals surface area (Å²) in [6, 6.07) is 0. The molecule has 4 nitrogen and oxygen atoms in total. The molecule has 1 aliphatic rings. The van der Waals surface area contributed by atoms with Crippen molar-refractivity contribution < 1.29 is 36.1 Å². The van der Waals surface area contributed by atoms with Crippen LogP contribution < -0.4 is 5.11 Å². The standard InChI is InChI=1S/C7H7BrO.3CO.Mn/c8-5-7(9)6-3-1-2-4-6;3*1-2;/h1-4,9H,5H2;;;;/p-1. The Morgan fingerprint density at radius 3 is 1.62 bits per heavy atom. The number of halogens is 1. The van der Waals surface area contributed by atoms with Crippen molar-refractivity contribution in [2.75, 3.05) is 5.33 Å². The zero-order valence-corrected chi connectivity index (χ0v) is 10.7. The molecule has 0 amide bonds. The first-order chi connectivity index (χ1) is 7.34. The molecule has 0 fully saturated rings. The zero-order valence-electron chi connectivity index (χ0n) is 7.91. The Kier molecular flexibility index (Phi) is 36.4. The average Bonchev–Trinajstić information content (AvgIpc) is 2.89. The molecule has 0 atom stereocenters. The van der Waals surface area contributed by atoms with E-state index in [1.807, 2.05) is 24.3 Å². The topological polar surface area (TPSA) is 82.8 Å². The van der Waals surface area contributed by atoms with E-state index in [2.05, 4.69) is 35.9 Å². The Morgan fingerprint density at radius 2 is 1.38 bits per heavy atom. The summed E-state index contributed by atoms with van der Waals surface area (Å²) in [5, 5.41) is 11.2. The fraction of sp³-hybridized carbons (Fsp3) is 0.100. The maximum absolute atomic E-state index is 10.8. The second-order valence-corrected chi connectivity index (χ2v) is 2.29. The van der Waals surface area contributed by atoms with E-state index in [0.717, 1.165) is 5.57 Å². The van der Waals surface area contributed by atoms with E-state index in [1.165, 1.54) is 0 Å². The Hall–Kier alpha value is -0.761. The molecule has 0 aromatic carbocycles. The van der Waals surface area contributed by atoms with Gasteiger partial charge in [-0.25, -0.2) is 0 Å². The van der Waals surface area contributed by atoms with Crippen molar-refractivity contribution in [2.24, 2.45) is 0 Å². The van der Waals surface area contributed by atoms with Gasteiger partial charge in [0.1, 0.15) is 0 Å². The summed E-state index contributed by atoms with van der Waals surface area (Å²) in [5.41, 5.74) is 0.784. The van der Waals surface area contributed by atoms with Crippen molar-refractivity contribution in [2.45, 2.75) is 0 Å². The van der Waals surface area contributed by atoms with Crippen molar-refractivity contribution in [3.63, 3.8) is 0 Å². The van der Waals surface area contributed by atoms with Gasteiger partial charge in [0.2, 0.25) is 0 Å². The molecule has 16 heavy (non-hydrogen) atoms. The Morgan fingerprint density at radius 1 is 1.06 bits per heavy atom. The van der Waals surface area contributed by atoms with E-state index >= 15 is 0 Å². The molecule has 6 heteroatoms. The number of hydrogen-bond donors (Lipinski definition) is 0. The van der Waals surface area contributed by atoms with Crippen molar-refractivity contribution in [1.29, 1.82) is 0 Å². The summed E-state index contributed by atoms with van der Waals surface area (Å²) < 4.78 is 22.5. The van der Waals surface area contributed by atoms with Gasteiger partial charge in [-0.15, -0.1) is 5.76 Å². The van der Waals surface area contributed by atoms with E-state index in [0.29, 0.717) is 5.33 Å². The molecular weight excluding hydrogens is 319 g/mol. The second-order valence-electron chi connectivity index (χ2n) is 1.73. The summed E-state index contributed by atoms with van der Waals surface area (Å²) in [4.78, 5) is 0. The third-order valence-electron chi connectivity index (χ3n) is 1.11. The first-order valence-electron chi connectivity index (χ1n) is 3.26. The van der Waals surface area contributed by atoms with Crippen molar-refractivity contribution in [1.82, 2.24) is 0 Å². The molecule has 0 saturated carbocycles. The SMILES string of the molecule is [C-]#[O+].[C-]#[O+].[C-]#[O+].[Mn].[O-]C(CBr)=C1C=CC=C1. The number of allylic oxidation sites excluding steroid dienone is 6. The molecule has 0 aromatic heterocycles. The monoisotopic (exact) mass is 324 g/mol. The van der Waals surface area contributed by atoms with Gasteiger partial charge in [-0.05, 0) is 5.57 Å². The number of rotatable bonds is 1. The maximum Gasteiger partial charge on any atom is 0.0147 e. The Labute approximate surface area is 113 Å². The van der Waals surface area contributed by atoms with Crippen LogP contribution in [0.15, 0.2) is 35.6 Å².